The molecule has 0 bridgehead atoms. The van der Waals surface area contributed by atoms with Gasteiger partial charge in [-0.15, -0.1) is 11.3 Å². The first-order valence-corrected chi connectivity index (χ1v) is 11.3. The summed E-state index contributed by atoms with van der Waals surface area (Å²) in [5, 5.41) is 17.6. The van der Waals surface area contributed by atoms with Crippen LogP contribution in [0.2, 0.25) is 0 Å². The monoisotopic (exact) mass is 441 g/mol. The highest BCUT2D eigenvalue weighted by Crippen LogP contribution is 2.40. The van der Waals surface area contributed by atoms with Gasteiger partial charge in [0.05, 0.1) is 27.2 Å². The summed E-state index contributed by atoms with van der Waals surface area (Å²) in [6.07, 6.45) is 3.89. The Labute approximate surface area is 187 Å². The highest BCUT2D eigenvalue weighted by molar-refractivity contribution is 7.13. The van der Waals surface area contributed by atoms with Crippen LogP contribution in [0.25, 0.3) is 27.4 Å². The van der Waals surface area contributed by atoms with Gasteiger partial charge in [0.1, 0.15) is 0 Å². The molecule has 1 fully saturated rings. The van der Waals surface area contributed by atoms with Crippen molar-refractivity contribution in [2.45, 2.75) is 25.7 Å². The second-order valence-electron chi connectivity index (χ2n) is 7.85. The minimum absolute atomic E-state index is 0.229. The Morgan fingerprint density at radius 2 is 2.12 bits per heavy atom. The molecular weight excluding hydrogens is 422 g/mol. The van der Waals surface area contributed by atoms with Crippen molar-refractivity contribution < 1.29 is 4.79 Å². The Bertz CT molecular complexity index is 1430. The highest BCUT2D eigenvalue weighted by atomic mass is 32.1. The molecule has 2 N–H and O–H groups in total. The molecule has 0 aliphatic heterocycles. The van der Waals surface area contributed by atoms with Crippen LogP contribution in [-0.4, -0.2) is 35.9 Å². The average Bonchev–Trinajstić information content (AvgIpc) is 3.19. The van der Waals surface area contributed by atoms with E-state index in [0.717, 1.165) is 40.2 Å². The average molecular weight is 442 g/mol. The molecule has 0 aromatic carbocycles. The Kier molecular flexibility index (Phi) is 4.36. The van der Waals surface area contributed by atoms with E-state index in [4.69, 9.17) is 4.98 Å². The van der Waals surface area contributed by atoms with Crippen LogP contribution in [0.3, 0.4) is 0 Å². The number of carbonyl (C=O) groups is 1. The van der Waals surface area contributed by atoms with Crippen LogP contribution in [-0.2, 0) is 0 Å². The minimum atomic E-state index is -0.229. The van der Waals surface area contributed by atoms with Crippen LogP contribution in [0.5, 0.6) is 0 Å². The Morgan fingerprint density at radius 3 is 2.88 bits per heavy atom. The summed E-state index contributed by atoms with van der Waals surface area (Å²) in [6.45, 7) is 1.89. The van der Waals surface area contributed by atoms with Crippen LogP contribution in [0.15, 0.2) is 54.0 Å². The van der Waals surface area contributed by atoms with Crippen molar-refractivity contribution >= 4 is 34.1 Å². The smallest absolute Gasteiger partial charge is 0.257 e. The summed E-state index contributed by atoms with van der Waals surface area (Å²) in [4.78, 5) is 23.7. The van der Waals surface area contributed by atoms with Gasteiger partial charge in [0.15, 0.2) is 17.3 Å². The van der Waals surface area contributed by atoms with Gasteiger partial charge in [0.2, 0.25) is 0 Å². The van der Waals surface area contributed by atoms with Crippen molar-refractivity contribution in [3.05, 3.63) is 71.0 Å². The summed E-state index contributed by atoms with van der Waals surface area (Å²) in [5.41, 5.74) is 3.72. The second-order valence-corrected chi connectivity index (χ2v) is 8.80. The lowest BCUT2D eigenvalue weighted by Crippen LogP contribution is -2.14. The molecule has 0 saturated heterocycles. The molecule has 0 unspecified atom stereocenters. The molecule has 0 atom stereocenters. The molecule has 158 valence electrons. The number of hydrogen-bond acceptors (Lipinski definition) is 6. The first-order valence-electron chi connectivity index (χ1n) is 10.4. The lowest BCUT2D eigenvalue weighted by molar-refractivity contribution is 0.102. The van der Waals surface area contributed by atoms with E-state index in [9.17, 15) is 4.79 Å². The third kappa shape index (κ3) is 3.27. The van der Waals surface area contributed by atoms with Gasteiger partial charge in [0.25, 0.3) is 5.91 Å². The van der Waals surface area contributed by atoms with Crippen LogP contribution < -0.4 is 5.32 Å². The summed E-state index contributed by atoms with van der Waals surface area (Å²) in [5.74, 6) is 1.30. The number of carbonyl (C=O) groups excluding carboxylic acids is 1. The number of nitrogens with one attached hydrogen (secondary N) is 2. The number of aromatic nitrogens is 6. The minimum Gasteiger partial charge on any atom is -0.305 e. The fraction of sp³-hybridized carbons (Fsp3) is 0.174. The topological polar surface area (TPSA) is 101 Å². The Hall–Kier alpha value is -3.85. The maximum atomic E-state index is 13.4. The molecule has 0 spiro atoms. The van der Waals surface area contributed by atoms with Crippen molar-refractivity contribution in [2.24, 2.45) is 0 Å². The molecule has 0 radical (unpaired) electrons. The number of H-pyrrole nitrogens is 1. The molecule has 1 saturated carbocycles. The van der Waals surface area contributed by atoms with E-state index < -0.39 is 0 Å². The molecule has 9 heteroatoms. The normalized spacial score (nSPS) is 13.5. The van der Waals surface area contributed by atoms with Gasteiger partial charge in [0, 0.05) is 23.9 Å². The Morgan fingerprint density at radius 1 is 1.22 bits per heavy atom. The number of thiophene rings is 1. The van der Waals surface area contributed by atoms with Gasteiger partial charge in [-0.2, -0.15) is 14.9 Å². The SMILES string of the molecule is Cc1nn(-c2ccccn2)c2nc(C3CC3)cc(C(=O)Nc3cc(-c4cccs4)[nH]n3)c12. The van der Waals surface area contributed by atoms with Gasteiger partial charge in [-0.3, -0.25) is 9.89 Å². The largest absolute Gasteiger partial charge is 0.305 e. The zero-order chi connectivity index (χ0) is 21.7. The predicted octanol–water partition coefficient (Wildman–Crippen LogP) is 4.71. The summed E-state index contributed by atoms with van der Waals surface area (Å²) in [7, 11) is 0. The molecule has 5 aromatic heterocycles. The van der Waals surface area contributed by atoms with E-state index in [1.807, 2.05) is 54.8 Å². The van der Waals surface area contributed by atoms with Crippen LogP contribution in [0.1, 0.15) is 40.5 Å². The number of amides is 1. The van der Waals surface area contributed by atoms with E-state index in [2.05, 4.69) is 25.6 Å². The Balaban J connectivity index is 1.43. The van der Waals surface area contributed by atoms with E-state index in [1.54, 1.807) is 22.2 Å². The molecule has 1 aliphatic rings. The maximum absolute atomic E-state index is 13.4. The summed E-state index contributed by atoms with van der Waals surface area (Å²) < 4.78 is 1.72. The molecule has 5 heterocycles. The number of pyridine rings is 2. The molecule has 5 aromatic rings. The van der Waals surface area contributed by atoms with Gasteiger partial charge in [-0.05, 0) is 49.4 Å². The molecule has 1 amide bonds. The van der Waals surface area contributed by atoms with Gasteiger partial charge < -0.3 is 5.32 Å². The fourth-order valence-corrected chi connectivity index (χ4v) is 4.53. The van der Waals surface area contributed by atoms with Crippen molar-refractivity contribution in [3.63, 3.8) is 0 Å². The van der Waals surface area contributed by atoms with Crippen LogP contribution >= 0.6 is 11.3 Å². The number of nitrogens with zero attached hydrogens (tertiary/aromatic N) is 5. The molecule has 8 nitrogen and oxygen atoms in total. The number of rotatable bonds is 5. The summed E-state index contributed by atoms with van der Waals surface area (Å²) in [6, 6.07) is 13.4. The third-order valence-electron chi connectivity index (χ3n) is 5.55. The van der Waals surface area contributed by atoms with Gasteiger partial charge >= 0.3 is 0 Å². The number of fused-ring (bicyclic) bond motifs is 1. The van der Waals surface area contributed by atoms with E-state index in [-0.39, 0.29) is 5.91 Å². The van der Waals surface area contributed by atoms with Gasteiger partial charge in [-0.1, -0.05) is 12.1 Å². The number of hydrogen-bond donors (Lipinski definition) is 2. The zero-order valence-electron chi connectivity index (χ0n) is 17.2. The van der Waals surface area contributed by atoms with Crippen molar-refractivity contribution in [3.8, 4) is 16.4 Å². The van der Waals surface area contributed by atoms with Crippen molar-refractivity contribution in [1.29, 1.82) is 0 Å². The highest BCUT2D eigenvalue weighted by Gasteiger charge is 2.29. The van der Waals surface area contributed by atoms with Crippen molar-refractivity contribution in [2.75, 3.05) is 5.32 Å². The van der Waals surface area contributed by atoms with E-state index in [1.165, 1.54) is 0 Å². The molecule has 6 rings (SSSR count). The van der Waals surface area contributed by atoms with Crippen LogP contribution in [0, 0.1) is 6.92 Å². The third-order valence-corrected chi connectivity index (χ3v) is 6.45. The lowest BCUT2D eigenvalue weighted by atomic mass is 10.1. The predicted molar refractivity (Wildman–Crippen MR) is 123 cm³/mol. The van der Waals surface area contributed by atoms with Gasteiger partial charge in [-0.25, -0.2) is 9.97 Å². The molecule has 1 aliphatic carbocycles. The first kappa shape index (κ1) is 18.9. The standard InChI is InChI=1S/C23H19N7OS/c1-13-21-15(23(31)26-19-12-17(27-28-19)18-5-4-10-32-18)11-16(14-7-8-14)25-22(21)30(29-13)20-6-2-3-9-24-20/h2-6,9-12,14H,7-8H2,1H3,(H2,26,27,28,31). The first-order chi connectivity index (χ1) is 15.7. The molecule has 32 heavy (non-hydrogen) atoms. The zero-order valence-corrected chi connectivity index (χ0v) is 18.1. The maximum Gasteiger partial charge on any atom is 0.257 e. The van der Waals surface area contributed by atoms with E-state index in [0.29, 0.717) is 28.8 Å². The number of aromatic amines is 1. The molecular formula is C23H19N7OS. The van der Waals surface area contributed by atoms with Crippen molar-refractivity contribution in [1.82, 2.24) is 29.9 Å². The van der Waals surface area contributed by atoms with Crippen LogP contribution in [0.4, 0.5) is 5.82 Å². The fourth-order valence-electron chi connectivity index (χ4n) is 3.84. The summed E-state index contributed by atoms with van der Waals surface area (Å²) >= 11 is 1.61. The second kappa shape index (κ2) is 7.38. The number of anilines is 1. The quantitative estimate of drug-likeness (QED) is 0.411. The number of aryl methyl sites for hydroxylation is 1. The lowest BCUT2D eigenvalue weighted by Gasteiger charge is -2.08. The van der Waals surface area contributed by atoms with E-state index >= 15 is 0 Å².